The average molecular weight is 256 g/mol. The summed E-state index contributed by atoms with van der Waals surface area (Å²) in [7, 11) is 0. The van der Waals surface area contributed by atoms with Crippen LogP contribution in [-0.2, 0) is 4.74 Å². The van der Waals surface area contributed by atoms with Crippen molar-refractivity contribution < 1.29 is 4.74 Å². The molecule has 0 amide bonds. The van der Waals surface area contributed by atoms with E-state index in [1.807, 2.05) is 18.5 Å². The second-order valence-electron chi connectivity index (χ2n) is 5.27. The van der Waals surface area contributed by atoms with Crippen molar-refractivity contribution in [2.75, 3.05) is 6.61 Å². The molecule has 19 heavy (non-hydrogen) atoms. The van der Waals surface area contributed by atoms with Gasteiger partial charge in [0.05, 0.1) is 6.10 Å². The molecule has 3 heteroatoms. The number of hydrogen-bond acceptors (Lipinski definition) is 3. The second kappa shape index (κ2) is 5.68. The van der Waals surface area contributed by atoms with E-state index < -0.39 is 0 Å². The summed E-state index contributed by atoms with van der Waals surface area (Å²) < 4.78 is 5.79. The minimum absolute atomic E-state index is 0.0241. The van der Waals surface area contributed by atoms with Crippen LogP contribution in [0.5, 0.6) is 0 Å². The molecule has 0 bridgehead atoms. The Morgan fingerprint density at radius 2 is 2.26 bits per heavy atom. The van der Waals surface area contributed by atoms with Gasteiger partial charge in [0.25, 0.3) is 0 Å². The molecule has 1 saturated heterocycles. The van der Waals surface area contributed by atoms with Crippen LogP contribution in [0.4, 0.5) is 0 Å². The molecule has 0 spiro atoms. The molecule has 0 aliphatic carbocycles. The second-order valence-corrected chi connectivity index (χ2v) is 5.27. The molecule has 1 aliphatic heterocycles. The first-order valence-corrected chi connectivity index (χ1v) is 7.04. The van der Waals surface area contributed by atoms with Crippen molar-refractivity contribution in [1.29, 1.82) is 0 Å². The quantitative estimate of drug-likeness (QED) is 0.917. The maximum Gasteiger partial charge on any atom is 0.0593 e. The van der Waals surface area contributed by atoms with Gasteiger partial charge in [-0.25, -0.2) is 0 Å². The van der Waals surface area contributed by atoms with Crippen LogP contribution >= 0.6 is 0 Å². The monoisotopic (exact) mass is 256 g/mol. The first-order chi connectivity index (χ1) is 9.34. The minimum Gasteiger partial charge on any atom is -0.378 e. The molecule has 2 atom stereocenters. The van der Waals surface area contributed by atoms with Gasteiger partial charge in [0.15, 0.2) is 0 Å². The van der Waals surface area contributed by atoms with Crippen molar-refractivity contribution in [1.82, 2.24) is 4.98 Å². The molecule has 0 radical (unpaired) electrons. The highest BCUT2D eigenvalue weighted by Gasteiger charge is 2.19. The van der Waals surface area contributed by atoms with Crippen molar-refractivity contribution in [3.8, 4) is 0 Å². The number of hydrogen-bond donors (Lipinski definition) is 1. The number of ether oxygens (including phenoxy) is 1. The van der Waals surface area contributed by atoms with E-state index in [9.17, 15) is 0 Å². The third kappa shape index (κ3) is 2.77. The van der Waals surface area contributed by atoms with Gasteiger partial charge >= 0.3 is 0 Å². The number of rotatable bonds is 3. The SMILES string of the molecule is NC(CC1CCCCO1)c1cccc2ccncc12. The van der Waals surface area contributed by atoms with Crippen molar-refractivity contribution in [3.05, 3.63) is 42.2 Å². The lowest BCUT2D eigenvalue weighted by atomic mass is 9.94. The summed E-state index contributed by atoms with van der Waals surface area (Å²) in [5.74, 6) is 0. The first kappa shape index (κ1) is 12.6. The fraction of sp³-hybridized carbons (Fsp3) is 0.438. The largest absolute Gasteiger partial charge is 0.378 e. The molecule has 1 aromatic carbocycles. The molecular weight excluding hydrogens is 236 g/mol. The standard InChI is InChI=1S/C16H20N2O/c17-16(10-13-5-1-2-9-19-13)14-6-3-4-12-7-8-18-11-15(12)14/h3-4,6-8,11,13,16H,1-2,5,9-10,17H2. The van der Waals surface area contributed by atoms with Gasteiger partial charge in [-0.3, -0.25) is 4.98 Å². The van der Waals surface area contributed by atoms with Crippen molar-refractivity contribution in [3.63, 3.8) is 0 Å². The Labute approximate surface area is 113 Å². The molecule has 2 heterocycles. The van der Waals surface area contributed by atoms with E-state index in [2.05, 4.69) is 23.2 Å². The lowest BCUT2D eigenvalue weighted by Gasteiger charge is -2.25. The van der Waals surface area contributed by atoms with Crippen LogP contribution in [0.15, 0.2) is 36.7 Å². The summed E-state index contributed by atoms with van der Waals surface area (Å²) in [5, 5.41) is 2.36. The van der Waals surface area contributed by atoms with Gasteiger partial charge in [0.1, 0.15) is 0 Å². The molecular formula is C16H20N2O. The van der Waals surface area contributed by atoms with Gasteiger partial charge in [0.2, 0.25) is 0 Å². The molecule has 100 valence electrons. The summed E-state index contributed by atoms with van der Waals surface area (Å²) in [4.78, 5) is 4.22. The van der Waals surface area contributed by atoms with Crippen LogP contribution in [0.2, 0.25) is 0 Å². The van der Waals surface area contributed by atoms with E-state index in [0.717, 1.165) is 24.8 Å². The fourth-order valence-corrected chi connectivity index (χ4v) is 2.86. The third-order valence-electron chi connectivity index (χ3n) is 3.91. The summed E-state index contributed by atoms with van der Waals surface area (Å²) in [6.45, 7) is 0.883. The number of aromatic nitrogens is 1. The zero-order valence-corrected chi connectivity index (χ0v) is 11.1. The van der Waals surface area contributed by atoms with E-state index in [0.29, 0.717) is 6.10 Å². The van der Waals surface area contributed by atoms with Crippen molar-refractivity contribution >= 4 is 10.8 Å². The van der Waals surface area contributed by atoms with Crippen molar-refractivity contribution in [2.45, 2.75) is 37.8 Å². The topological polar surface area (TPSA) is 48.1 Å². The summed E-state index contributed by atoms with van der Waals surface area (Å²) in [6, 6.07) is 8.33. The average Bonchev–Trinajstić information content (AvgIpc) is 2.47. The summed E-state index contributed by atoms with van der Waals surface area (Å²) in [5.41, 5.74) is 7.56. The normalized spacial score (nSPS) is 21.4. The molecule has 2 aromatic rings. The molecule has 2 unspecified atom stereocenters. The fourth-order valence-electron chi connectivity index (χ4n) is 2.86. The Balaban J connectivity index is 1.82. The van der Waals surface area contributed by atoms with Crippen LogP contribution < -0.4 is 5.73 Å². The molecule has 3 rings (SSSR count). The summed E-state index contributed by atoms with van der Waals surface area (Å²) in [6.07, 6.45) is 8.52. The first-order valence-electron chi connectivity index (χ1n) is 7.04. The lowest BCUT2D eigenvalue weighted by Crippen LogP contribution is -2.25. The van der Waals surface area contributed by atoms with Gasteiger partial charge in [-0.05, 0) is 42.7 Å². The van der Waals surface area contributed by atoms with Crippen LogP contribution in [0.25, 0.3) is 10.8 Å². The van der Waals surface area contributed by atoms with Gasteiger partial charge in [-0.2, -0.15) is 0 Å². The molecule has 1 fully saturated rings. The number of nitrogens with zero attached hydrogens (tertiary/aromatic N) is 1. The lowest BCUT2D eigenvalue weighted by molar-refractivity contribution is 0.00737. The molecule has 3 nitrogen and oxygen atoms in total. The predicted molar refractivity (Wildman–Crippen MR) is 76.9 cm³/mol. The van der Waals surface area contributed by atoms with E-state index in [-0.39, 0.29) is 6.04 Å². The van der Waals surface area contributed by atoms with Crippen LogP contribution in [0, 0.1) is 0 Å². The number of benzene rings is 1. The Kier molecular flexibility index (Phi) is 3.76. The summed E-state index contributed by atoms with van der Waals surface area (Å²) >= 11 is 0. The minimum atomic E-state index is 0.0241. The van der Waals surface area contributed by atoms with Crippen LogP contribution in [0.1, 0.15) is 37.3 Å². The highest BCUT2D eigenvalue weighted by molar-refractivity contribution is 5.85. The van der Waals surface area contributed by atoms with E-state index in [1.165, 1.54) is 23.8 Å². The highest BCUT2D eigenvalue weighted by Crippen LogP contribution is 2.27. The Bertz CT molecular complexity index is 544. The highest BCUT2D eigenvalue weighted by atomic mass is 16.5. The zero-order chi connectivity index (χ0) is 13.1. The van der Waals surface area contributed by atoms with Gasteiger partial charge in [-0.1, -0.05) is 18.2 Å². The van der Waals surface area contributed by atoms with Gasteiger partial charge in [0, 0.05) is 30.4 Å². The van der Waals surface area contributed by atoms with Crippen LogP contribution in [0.3, 0.4) is 0 Å². The van der Waals surface area contributed by atoms with E-state index in [1.54, 1.807) is 0 Å². The zero-order valence-electron chi connectivity index (χ0n) is 11.1. The maximum absolute atomic E-state index is 6.38. The molecule has 1 aromatic heterocycles. The number of pyridine rings is 1. The van der Waals surface area contributed by atoms with Crippen molar-refractivity contribution in [2.24, 2.45) is 5.73 Å². The van der Waals surface area contributed by atoms with E-state index in [4.69, 9.17) is 10.5 Å². The Morgan fingerprint density at radius 1 is 1.32 bits per heavy atom. The third-order valence-corrected chi connectivity index (χ3v) is 3.91. The van der Waals surface area contributed by atoms with Gasteiger partial charge in [-0.15, -0.1) is 0 Å². The van der Waals surface area contributed by atoms with Crippen LogP contribution in [-0.4, -0.2) is 17.7 Å². The molecule has 0 saturated carbocycles. The number of nitrogens with two attached hydrogens (primary N) is 1. The Hall–Kier alpha value is -1.45. The smallest absolute Gasteiger partial charge is 0.0593 e. The van der Waals surface area contributed by atoms with E-state index >= 15 is 0 Å². The Morgan fingerprint density at radius 3 is 3.11 bits per heavy atom. The molecule has 1 aliphatic rings. The number of fused-ring (bicyclic) bond motifs is 1. The predicted octanol–water partition coefficient (Wildman–Crippen LogP) is 3.19. The van der Waals surface area contributed by atoms with Gasteiger partial charge < -0.3 is 10.5 Å². The maximum atomic E-state index is 6.38. The molecule has 2 N–H and O–H groups in total.